The lowest BCUT2D eigenvalue weighted by atomic mass is 10.2. The van der Waals surface area contributed by atoms with Crippen molar-refractivity contribution in [3.63, 3.8) is 0 Å². The van der Waals surface area contributed by atoms with Crippen LogP contribution in [-0.4, -0.2) is 36.7 Å². The lowest BCUT2D eigenvalue weighted by Gasteiger charge is -2.12. The van der Waals surface area contributed by atoms with E-state index < -0.39 is 0 Å². The van der Waals surface area contributed by atoms with Crippen molar-refractivity contribution in [2.45, 2.75) is 33.2 Å². The molecule has 1 N–H and O–H groups in total. The Balaban J connectivity index is 3.33. The van der Waals surface area contributed by atoms with Crippen LogP contribution < -0.4 is 5.32 Å². The second-order valence-corrected chi connectivity index (χ2v) is 4.47. The van der Waals surface area contributed by atoms with E-state index in [4.69, 9.17) is 4.74 Å². The Kier molecular flexibility index (Phi) is 9.19. The molecule has 0 aromatic carbocycles. The molecule has 0 aliphatic rings. The second kappa shape index (κ2) is 9.34. The zero-order chi connectivity index (χ0) is 10.8. The van der Waals surface area contributed by atoms with Crippen molar-refractivity contribution in [1.29, 1.82) is 0 Å². The highest BCUT2D eigenvalue weighted by Crippen LogP contribution is 2.03. The van der Waals surface area contributed by atoms with E-state index in [0.717, 1.165) is 17.9 Å². The number of hydrogen-bond acceptors (Lipinski definition) is 4. The molecule has 0 saturated heterocycles. The molecule has 1 atom stereocenters. The van der Waals surface area contributed by atoms with Gasteiger partial charge in [0.05, 0.1) is 13.2 Å². The van der Waals surface area contributed by atoms with Crippen LogP contribution in [0.5, 0.6) is 0 Å². The Hall–Kier alpha value is -0.220. The SMILES string of the molecule is CCOC(=O)CNC(C)CCSCC. The van der Waals surface area contributed by atoms with Crippen LogP contribution in [0.15, 0.2) is 0 Å². The minimum absolute atomic E-state index is 0.164. The second-order valence-electron chi connectivity index (χ2n) is 3.07. The fourth-order valence-electron chi connectivity index (χ4n) is 0.976. The number of esters is 1. The van der Waals surface area contributed by atoms with Crippen molar-refractivity contribution in [3.8, 4) is 0 Å². The summed E-state index contributed by atoms with van der Waals surface area (Å²) in [6.45, 7) is 6.85. The molecule has 0 saturated carbocycles. The topological polar surface area (TPSA) is 38.3 Å². The fourth-order valence-corrected chi connectivity index (χ4v) is 1.78. The number of hydrogen-bond donors (Lipinski definition) is 1. The molecule has 0 aliphatic heterocycles. The third-order valence-electron chi connectivity index (χ3n) is 1.80. The Morgan fingerprint density at radius 1 is 1.50 bits per heavy atom. The van der Waals surface area contributed by atoms with E-state index in [2.05, 4.69) is 19.2 Å². The molecular weight excluding hydrogens is 198 g/mol. The molecule has 0 amide bonds. The summed E-state index contributed by atoms with van der Waals surface area (Å²) in [4.78, 5) is 11.0. The van der Waals surface area contributed by atoms with Gasteiger partial charge in [-0.15, -0.1) is 0 Å². The summed E-state index contributed by atoms with van der Waals surface area (Å²) in [7, 11) is 0. The lowest BCUT2D eigenvalue weighted by Crippen LogP contribution is -2.32. The van der Waals surface area contributed by atoms with Crippen LogP contribution in [0.25, 0.3) is 0 Å². The first-order valence-electron chi connectivity index (χ1n) is 5.17. The number of thioether (sulfide) groups is 1. The van der Waals surface area contributed by atoms with E-state index in [1.807, 2.05) is 18.7 Å². The molecule has 0 fully saturated rings. The van der Waals surface area contributed by atoms with Gasteiger partial charge in [0.2, 0.25) is 0 Å². The van der Waals surface area contributed by atoms with E-state index in [-0.39, 0.29) is 5.97 Å². The number of nitrogens with one attached hydrogen (secondary N) is 1. The van der Waals surface area contributed by atoms with Gasteiger partial charge in [-0.1, -0.05) is 6.92 Å². The van der Waals surface area contributed by atoms with E-state index in [1.165, 1.54) is 0 Å². The van der Waals surface area contributed by atoms with Gasteiger partial charge < -0.3 is 10.1 Å². The van der Waals surface area contributed by atoms with Crippen LogP contribution in [0.1, 0.15) is 27.2 Å². The maximum atomic E-state index is 11.0. The molecule has 0 aromatic rings. The van der Waals surface area contributed by atoms with Crippen LogP contribution in [0.4, 0.5) is 0 Å². The van der Waals surface area contributed by atoms with E-state index in [0.29, 0.717) is 19.2 Å². The fraction of sp³-hybridized carbons (Fsp3) is 0.900. The van der Waals surface area contributed by atoms with Crippen LogP contribution in [0, 0.1) is 0 Å². The minimum atomic E-state index is -0.164. The first-order valence-corrected chi connectivity index (χ1v) is 6.32. The Morgan fingerprint density at radius 2 is 2.21 bits per heavy atom. The molecule has 0 rings (SSSR count). The third kappa shape index (κ3) is 8.38. The molecule has 0 radical (unpaired) electrons. The molecule has 14 heavy (non-hydrogen) atoms. The van der Waals surface area contributed by atoms with Gasteiger partial charge in [-0.3, -0.25) is 4.79 Å². The molecule has 1 unspecified atom stereocenters. The predicted molar refractivity (Wildman–Crippen MR) is 61.7 cm³/mol. The average Bonchev–Trinajstić information content (AvgIpc) is 2.16. The van der Waals surface area contributed by atoms with Crippen molar-refractivity contribution in [3.05, 3.63) is 0 Å². The Morgan fingerprint density at radius 3 is 2.79 bits per heavy atom. The highest BCUT2D eigenvalue weighted by atomic mass is 32.2. The van der Waals surface area contributed by atoms with Gasteiger partial charge in [0, 0.05) is 6.04 Å². The number of rotatable bonds is 8. The number of carbonyl (C=O) groups excluding carboxylic acids is 1. The van der Waals surface area contributed by atoms with Gasteiger partial charge in [0.1, 0.15) is 0 Å². The molecule has 3 nitrogen and oxygen atoms in total. The molecule has 0 heterocycles. The Bertz CT molecular complexity index is 153. The highest BCUT2D eigenvalue weighted by Gasteiger charge is 2.05. The van der Waals surface area contributed by atoms with Gasteiger partial charge in [-0.2, -0.15) is 11.8 Å². The smallest absolute Gasteiger partial charge is 0.319 e. The normalized spacial score (nSPS) is 12.5. The molecule has 0 spiro atoms. The molecule has 0 aromatic heterocycles. The van der Waals surface area contributed by atoms with Gasteiger partial charge in [-0.25, -0.2) is 0 Å². The quantitative estimate of drug-likeness (QED) is 0.498. The standard InChI is InChI=1S/C10H21NO2S/c1-4-13-10(12)8-11-9(3)6-7-14-5-2/h9,11H,4-8H2,1-3H3. The molecule has 0 bridgehead atoms. The lowest BCUT2D eigenvalue weighted by molar-refractivity contribution is -0.142. The first kappa shape index (κ1) is 13.8. The summed E-state index contributed by atoms with van der Waals surface area (Å²) in [6, 6.07) is 0.387. The minimum Gasteiger partial charge on any atom is -0.465 e. The Labute approximate surface area is 91.0 Å². The summed E-state index contributed by atoms with van der Waals surface area (Å²) in [5.41, 5.74) is 0. The monoisotopic (exact) mass is 219 g/mol. The van der Waals surface area contributed by atoms with Crippen LogP contribution in [0.3, 0.4) is 0 Å². The highest BCUT2D eigenvalue weighted by molar-refractivity contribution is 7.99. The third-order valence-corrected chi connectivity index (χ3v) is 2.73. The summed E-state index contributed by atoms with van der Waals surface area (Å²) in [5.74, 6) is 2.14. The largest absolute Gasteiger partial charge is 0.465 e. The van der Waals surface area contributed by atoms with Gasteiger partial charge in [-0.05, 0) is 31.8 Å². The van der Waals surface area contributed by atoms with E-state index in [1.54, 1.807) is 0 Å². The number of carbonyl (C=O) groups is 1. The van der Waals surface area contributed by atoms with Gasteiger partial charge >= 0.3 is 5.97 Å². The van der Waals surface area contributed by atoms with Crippen molar-refractivity contribution in [2.75, 3.05) is 24.7 Å². The summed E-state index contributed by atoms with van der Waals surface area (Å²) in [5, 5.41) is 3.14. The van der Waals surface area contributed by atoms with Crippen LogP contribution >= 0.6 is 11.8 Å². The molecule has 4 heteroatoms. The predicted octanol–water partition coefficient (Wildman–Crippen LogP) is 1.67. The zero-order valence-corrected chi connectivity index (χ0v) is 10.2. The summed E-state index contributed by atoms with van der Waals surface area (Å²) >= 11 is 1.92. The zero-order valence-electron chi connectivity index (χ0n) is 9.34. The maximum absolute atomic E-state index is 11.0. The average molecular weight is 219 g/mol. The number of ether oxygens (including phenoxy) is 1. The van der Waals surface area contributed by atoms with E-state index >= 15 is 0 Å². The molecular formula is C10H21NO2S. The van der Waals surface area contributed by atoms with Gasteiger partial charge in [0.25, 0.3) is 0 Å². The molecule has 84 valence electrons. The summed E-state index contributed by atoms with van der Waals surface area (Å²) in [6.07, 6.45) is 1.10. The maximum Gasteiger partial charge on any atom is 0.319 e. The first-order chi connectivity index (χ1) is 6.70. The molecule has 0 aliphatic carbocycles. The van der Waals surface area contributed by atoms with Crippen molar-refractivity contribution >= 4 is 17.7 Å². The summed E-state index contributed by atoms with van der Waals surface area (Å²) < 4.78 is 4.81. The van der Waals surface area contributed by atoms with Crippen LogP contribution in [0.2, 0.25) is 0 Å². The van der Waals surface area contributed by atoms with Gasteiger partial charge in [0.15, 0.2) is 0 Å². The van der Waals surface area contributed by atoms with Crippen molar-refractivity contribution in [2.24, 2.45) is 0 Å². The van der Waals surface area contributed by atoms with Crippen molar-refractivity contribution in [1.82, 2.24) is 5.32 Å². The van der Waals surface area contributed by atoms with E-state index in [9.17, 15) is 4.79 Å². The van der Waals surface area contributed by atoms with Crippen LogP contribution in [-0.2, 0) is 9.53 Å². The van der Waals surface area contributed by atoms with Crippen molar-refractivity contribution < 1.29 is 9.53 Å².